The molecule has 0 saturated heterocycles. The van der Waals surface area contributed by atoms with Gasteiger partial charge in [-0.25, -0.2) is 4.98 Å². The zero-order valence-electron chi connectivity index (χ0n) is 7.07. The minimum Gasteiger partial charge on any atom is -0.393 e. The number of anilines is 1. The van der Waals surface area contributed by atoms with Gasteiger partial charge in [-0.3, -0.25) is 0 Å². The van der Waals surface area contributed by atoms with Crippen molar-refractivity contribution in [2.45, 2.75) is 25.0 Å². The van der Waals surface area contributed by atoms with Crippen LogP contribution in [-0.2, 0) is 7.05 Å². The third kappa shape index (κ3) is 1.30. The van der Waals surface area contributed by atoms with Crippen LogP contribution in [0.2, 0.25) is 0 Å². The summed E-state index contributed by atoms with van der Waals surface area (Å²) in [5, 5.41) is 12.3. The van der Waals surface area contributed by atoms with Gasteiger partial charge in [0, 0.05) is 25.5 Å². The van der Waals surface area contributed by atoms with E-state index in [0.717, 1.165) is 18.8 Å². The number of imidazole rings is 1. The molecule has 0 aliphatic heterocycles. The number of rotatable bonds is 2. The number of aliphatic hydroxyl groups is 1. The van der Waals surface area contributed by atoms with Crippen LogP contribution in [0.5, 0.6) is 0 Å². The Morgan fingerprint density at radius 3 is 2.92 bits per heavy atom. The largest absolute Gasteiger partial charge is 0.393 e. The molecule has 0 unspecified atom stereocenters. The lowest BCUT2D eigenvalue weighted by molar-refractivity contribution is 0.0833. The van der Waals surface area contributed by atoms with E-state index in [1.54, 1.807) is 6.20 Å². The summed E-state index contributed by atoms with van der Waals surface area (Å²) in [5.74, 6) is 0.881. The van der Waals surface area contributed by atoms with Gasteiger partial charge in [0.25, 0.3) is 0 Å². The summed E-state index contributed by atoms with van der Waals surface area (Å²) in [6.45, 7) is 0. The average molecular weight is 167 g/mol. The Bertz CT molecular complexity index is 265. The number of nitrogens with one attached hydrogen (secondary N) is 1. The highest BCUT2D eigenvalue weighted by Gasteiger charge is 2.27. The molecule has 0 radical (unpaired) electrons. The number of aromatic nitrogens is 2. The van der Waals surface area contributed by atoms with Gasteiger partial charge in [0.2, 0.25) is 5.95 Å². The maximum atomic E-state index is 9.05. The van der Waals surface area contributed by atoms with E-state index < -0.39 is 0 Å². The van der Waals surface area contributed by atoms with Gasteiger partial charge in [0.1, 0.15) is 0 Å². The highest BCUT2D eigenvalue weighted by atomic mass is 16.3. The second-order valence-electron chi connectivity index (χ2n) is 3.33. The molecule has 0 atom stereocenters. The Hall–Kier alpha value is -1.03. The molecule has 0 amide bonds. The van der Waals surface area contributed by atoms with Crippen molar-refractivity contribution >= 4 is 5.95 Å². The minimum atomic E-state index is -0.109. The third-order valence-electron chi connectivity index (χ3n) is 2.27. The van der Waals surface area contributed by atoms with Gasteiger partial charge in [-0.15, -0.1) is 0 Å². The van der Waals surface area contributed by atoms with Crippen LogP contribution in [0.3, 0.4) is 0 Å². The maximum absolute atomic E-state index is 9.05. The van der Waals surface area contributed by atoms with Gasteiger partial charge in [0.15, 0.2) is 0 Å². The quantitative estimate of drug-likeness (QED) is 0.668. The minimum absolute atomic E-state index is 0.109. The molecule has 0 aromatic carbocycles. The molecule has 4 nitrogen and oxygen atoms in total. The van der Waals surface area contributed by atoms with Crippen LogP contribution in [-0.4, -0.2) is 26.8 Å². The summed E-state index contributed by atoms with van der Waals surface area (Å²) < 4.78 is 1.94. The van der Waals surface area contributed by atoms with Crippen LogP contribution >= 0.6 is 0 Å². The Morgan fingerprint density at radius 1 is 1.67 bits per heavy atom. The summed E-state index contributed by atoms with van der Waals surface area (Å²) >= 11 is 0. The molecule has 1 aromatic heterocycles. The monoisotopic (exact) mass is 167 g/mol. The second kappa shape index (κ2) is 2.79. The van der Waals surface area contributed by atoms with Crippen molar-refractivity contribution < 1.29 is 5.11 Å². The van der Waals surface area contributed by atoms with E-state index in [1.165, 1.54) is 0 Å². The van der Waals surface area contributed by atoms with Crippen LogP contribution in [0, 0.1) is 0 Å². The molecule has 1 aromatic rings. The summed E-state index contributed by atoms with van der Waals surface area (Å²) in [5.41, 5.74) is 0. The van der Waals surface area contributed by atoms with Gasteiger partial charge in [-0.05, 0) is 12.8 Å². The van der Waals surface area contributed by atoms with E-state index in [1.807, 2.05) is 17.8 Å². The van der Waals surface area contributed by atoms with Crippen molar-refractivity contribution in [1.82, 2.24) is 9.55 Å². The summed E-state index contributed by atoms with van der Waals surface area (Å²) in [7, 11) is 1.95. The first-order valence-corrected chi connectivity index (χ1v) is 4.17. The summed E-state index contributed by atoms with van der Waals surface area (Å²) in [6.07, 6.45) is 5.23. The molecule has 4 heteroatoms. The summed E-state index contributed by atoms with van der Waals surface area (Å²) in [6, 6.07) is 0.404. The predicted octanol–water partition coefficient (Wildman–Crippen LogP) is 0.355. The molecule has 1 fully saturated rings. The molecule has 1 aliphatic rings. The van der Waals surface area contributed by atoms with Gasteiger partial charge in [-0.2, -0.15) is 0 Å². The van der Waals surface area contributed by atoms with Crippen molar-refractivity contribution in [3.05, 3.63) is 12.4 Å². The first-order chi connectivity index (χ1) is 5.75. The molecular formula is C8H13N3O. The van der Waals surface area contributed by atoms with E-state index in [9.17, 15) is 0 Å². The van der Waals surface area contributed by atoms with Gasteiger partial charge < -0.3 is 15.0 Å². The first-order valence-electron chi connectivity index (χ1n) is 4.17. The van der Waals surface area contributed by atoms with E-state index in [2.05, 4.69) is 10.3 Å². The molecule has 0 bridgehead atoms. The smallest absolute Gasteiger partial charge is 0.202 e. The molecule has 66 valence electrons. The van der Waals surface area contributed by atoms with Crippen molar-refractivity contribution in [3.63, 3.8) is 0 Å². The Morgan fingerprint density at radius 2 is 2.42 bits per heavy atom. The number of hydrogen-bond acceptors (Lipinski definition) is 3. The zero-order chi connectivity index (χ0) is 8.55. The van der Waals surface area contributed by atoms with Crippen LogP contribution in [0.25, 0.3) is 0 Å². The molecule has 1 heterocycles. The number of hydrogen-bond donors (Lipinski definition) is 2. The van der Waals surface area contributed by atoms with Gasteiger partial charge in [0.05, 0.1) is 6.10 Å². The molecule has 1 saturated carbocycles. The van der Waals surface area contributed by atoms with Crippen molar-refractivity contribution in [2.24, 2.45) is 7.05 Å². The van der Waals surface area contributed by atoms with Gasteiger partial charge in [-0.1, -0.05) is 0 Å². The third-order valence-corrected chi connectivity index (χ3v) is 2.27. The maximum Gasteiger partial charge on any atom is 0.202 e. The lowest BCUT2D eigenvalue weighted by atomic mass is 9.90. The fraction of sp³-hybridized carbons (Fsp3) is 0.625. The number of aliphatic hydroxyl groups excluding tert-OH is 1. The van der Waals surface area contributed by atoms with Gasteiger partial charge >= 0.3 is 0 Å². The Kier molecular flexibility index (Phi) is 1.77. The molecule has 2 rings (SSSR count). The van der Waals surface area contributed by atoms with Crippen molar-refractivity contribution in [3.8, 4) is 0 Å². The van der Waals surface area contributed by atoms with Crippen molar-refractivity contribution in [1.29, 1.82) is 0 Å². The fourth-order valence-electron chi connectivity index (χ4n) is 1.39. The number of aryl methyl sites for hydroxylation is 1. The van der Waals surface area contributed by atoms with E-state index in [-0.39, 0.29) is 6.10 Å². The second-order valence-corrected chi connectivity index (χ2v) is 3.33. The zero-order valence-corrected chi connectivity index (χ0v) is 7.07. The highest BCUT2D eigenvalue weighted by molar-refractivity contribution is 5.28. The number of nitrogens with zero attached hydrogens (tertiary/aromatic N) is 2. The van der Waals surface area contributed by atoms with Crippen molar-refractivity contribution in [2.75, 3.05) is 5.32 Å². The molecular weight excluding hydrogens is 154 g/mol. The Balaban J connectivity index is 1.92. The normalized spacial score (nSPS) is 28.2. The molecule has 0 spiro atoms. The predicted molar refractivity (Wildman–Crippen MR) is 45.9 cm³/mol. The topological polar surface area (TPSA) is 50.1 Å². The van der Waals surface area contributed by atoms with Crippen LogP contribution in [0.15, 0.2) is 12.4 Å². The standard InChI is InChI=1S/C8H13N3O/c1-11-3-2-9-8(11)10-6-4-7(12)5-6/h2-3,6-7,12H,4-5H2,1H3,(H,9,10). The highest BCUT2D eigenvalue weighted by Crippen LogP contribution is 2.22. The first kappa shape index (κ1) is 7.61. The van der Waals surface area contributed by atoms with Crippen LogP contribution < -0.4 is 5.32 Å². The lowest BCUT2D eigenvalue weighted by Gasteiger charge is -2.32. The Labute approximate surface area is 71.2 Å². The SMILES string of the molecule is Cn1ccnc1NC1CC(O)C1. The molecule has 12 heavy (non-hydrogen) atoms. The fourth-order valence-corrected chi connectivity index (χ4v) is 1.39. The lowest BCUT2D eigenvalue weighted by Crippen LogP contribution is -2.39. The average Bonchev–Trinajstić information content (AvgIpc) is 2.33. The van der Waals surface area contributed by atoms with Crippen LogP contribution in [0.4, 0.5) is 5.95 Å². The van der Waals surface area contributed by atoms with E-state index in [4.69, 9.17) is 5.11 Å². The molecule has 1 aliphatic carbocycles. The van der Waals surface area contributed by atoms with E-state index in [0.29, 0.717) is 6.04 Å². The van der Waals surface area contributed by atoms with E-state index >= 15 is 0 Å². The summed E-state index contributed by atoms with van der Waals surface area (Å²) in [4.78, 5) is 4.13. The van der Waals surface area contributed by atoms with Crippen LogP contribution in [0.1, 0.15) is 12.8 Å². The molecule has 2 N–H and O–H groups in total.